The molecule has 0 fully saturated rings. The van der Waals surface area contributed by atoms with Crippen molar-refractivity contribution >= 4 is 11.6 Å². The Kier molecular flexibility index (Phi) is 4.41. The molecule has 0 unspecified atom stereocenters. The molecule has 2 aromatic rings. The molecule has 9 heteroatoms. The third kappa shape index (κ3) is 3.06. The van der Waals surface area contributed by atoms with Crippen LogP contribution in [-0.4, -0.2) is 16.6 Å². The molecule has 0 saturated heterocycles. The highest BCUT2D eigenvalue weighted by Gasteiger charge is 2.34. The van der Waals surface area contributed by atoms with Crippen LogP contribution in [0.5, 0.6) is 5.75 Å². The lowest BCUT2D eigenvalue weighted by Gasteiger charge is -2.14. The van der Waals surface area contributed by atoms with Crippen molar-refractivity contribution in [3.63, 3.8) is 0 Å². The maximum atomic E-state index is 12.7. The summed E-state index contributed by atoms with van der Waals surface area (Å²) in [5.41, 5.74) is -2.65. The monoisotopic (exact) mass is 336 g/mol. The van der Waals surface area contributed by atoms with E-state index in [9.17, 15) is 22.4 Å². The van der Waals surface area contributed by atoms with Crippen molar-refractivity contribution in [1.29, 1.82) is 0 Å². The molecule has 0 saturated carbocycles. The highest BCUT2D eigenvalue weighted by Crippen LogP contribution is 2.31. The van der Waals surface area contributed by atoms with E-state index >= 15 is 0 Å². The minimum absolute atomic E-state index is 0.0103. The summed E-state index contributed by atoms with van der Waals surface area (Å²) < 4.78 is 56.0. The Morgan fingerprint density at radius 3 is 2.64 bits per heavy atom. The van der Waals surface area contributed by atoms with Gasteiger partial charge in [0.05, 0.1) is 11.8 Å². The number of hydrogen-bond acceptors (Lipinski definition) is 3. The molecular formula is C13H9ClF4N2O2. The SMILES string of the molecule is Cc1c(C(F)(F)F)cnn(-c2ccc(Cl)cc2OCF)c1=O. The maximum Gasteiger partial charge on any atom is 0.418 e. The zero-order valence-electron chi connectivity index (χ0n) is 11.1. The van der Waals surface area contributed by atoms with Crippen molar-refractivity contribution in [2.24, 2.45) is 0 Å². The average molecular weight is 337 g/mol. The molecule has 0 radical (unpaired) electrons. The first-order chi connectivity index (χ1) is 10.3. The lowest BCUT2D eigenvalue weighted by molar-refractivity contribution is -0.138. The van der Waals surface area contributed by atoms with Crippen LogP contribution < -0.4 is 10.3 Å². The van der Waals surface area contributed by atoms with E-state index in [2.05, 4.69) is 5.10 Å². The predicted molar refractivity (Wildman–Crippen MR) is 71.2 cm³/mol. The molecule has 1 aromatic carbocycles. The van der Waals surface area contributed by atoms with Gasteiger partial charge in [0.15, 0.2) is 0 Å². The second-order valence-corrected chi connectivity index (χ2v) is 4.70. The Hall–Kier alpha value is -2.09. The summed E-state index contributed by atoms with van der Waals surface area (Å²) in [7, 11) is 0. The summed E-state index contributed by atoms with van der Waals surface area (Å²) in [6.07, 6.45) is -4.15. The fourth-order valence-electron chi connectivity index (χ4n) is 1.83. The number of hydrogen-bond donors (Lipinski definition) is 0. The number of halogens is 5. The molecule has 4 nitrogen and oxygen atoms in total. The smallest absolute Gasteiger partial charge is 0.418 e. The second-order valence-electron chi connectivity index (χ2n) is 4.26. The van der Waals surface area contributed by atoms with Gasteiger partial charge >= 0.3 is 6.18 Å². The Labute approximate surface area is 126 Å². The second kappa shape index (κ2) is 5.96. The summed E-state index contributed by atoms with van der Waals surface area (Å²) >= 11 is 5.74. The molecule has 0 amide bonds. The van der Waals surface area contributed by atoms with Gasteiger partial charge in [-0.3, -0.25) is 4.79 Å². The Balaban J connectivity index is 2.65. The van der Waals surface area contributed by atoms with Crippen molar-refractivity contribution in [3.8, 4) is 11.4 Å². The third-order valence-electron chi connectivity index (χ3n) is 2.88. The van der Waals surface area contributed by atoms with Crippen LogP contribution in [-0.2, 0) is 6.18 Å². The van der Waals surface area contributed by atoms with Crippen LogP contribution in [0.3, 0.4) is 0 Å². The van der Waals surface area contributed by atoms with Crippen LogP contribution in [0.4, 0.5) is 17.6 Å². The Morgan fingerprint density at radius 1 is 1.36 bits per heavy atom. The molecular weight excluding hydrogens is 328 g/mol. The van der Waals surface area contributed by atoms with Crippen LogP contribution in [0.2, 0.25) is 5.02 Å². The fourth-order valence-corrected chi connectivity index (χ4v) is 2.00. The summed E-state index contributed by atoms with van der Waals surface area (Å²) in [6.45, 7) is -0.156. The zero-order valence-corrected chi connectivity index (χ0v) is 11.9. The molecule has 0 N–H and O–H groups in total. The molecule has 0 atom stereocenters. The zero-order chi connectivity index (χ0) is 16.5. The first-order valence-electron chi connectivity index (χ1n) is 5.90. The van der Waals surface area contributed by atoms with Gasteiger partial charge in [-0.2, -0.15) is 23.0 Å². The lowest BCUT2D eigenvalue weighted by atomic mass is 10.2. The van der Waals surface area contributed by atoms with E-state index in [0.29, 0.717) is 10.9 Å². The van der Waals surface area contributed by atoms with Gasteiger partial charge in [0.1, 0.15) is 11.4 Å². The molecule has 0 aliphatic carbocycles. The number of rotatable bonds is 3. The van der Waals surface area contributed by atoms with Gasteiger partial charge in [-0.05, 0) is 19.1 Å². The molecule has 2 rings (SSSR count). The van der Waals surface area contributed by atoms with Crippen LogP contribution in [0.1, 0.15) is 11.1 Å². The standard InChI is InChI=1S/C13H9ClF4N2O2/c1-7-9(13(16,17)18)5-19-20(12(7)21)10-3-2-8(14)4-11(10)22-6-15/h2-5H,6H2,1H3. The molecule has 1 heterocycles. The largest absolute Gasteiger partial charge is 0.461 e. The summed E-state index contributed by atoms with van der Waals surface area (Å²) in [5, 5.41) is 3.70. The van der Waals surface area contributed by atoms with Crippen LogP contribution in [0.15, 0.2) is 29.2 Å². The highest BCUT2D eigenvalue weighted by atomic mass is 35.5. The normalized spacial score (nSPS) is 11.5. The predicted octanol–water partition coefficient (Wildman–Crippen LogP) is 3.52. The highest BCUT2D eigenvalue weighted by molar-refractivity contribution is 6.30. The Bertz CT molecular complexity index is 759. The van der Waals surface area contributed by atoms with E-state index in [-0.39, 0.29) is 16.5 Å². The van der Waals surface area contributed by atoms with E-state index in [1.54, 1.807) is 0 Å². The minimum atomic E-state index is -4.69. The summed E-state index contributed by atoms with van der Waals surface area (Å²) in [6, 6.07) is 3.91. The number of benzene rings is 1. The minimum Gasteiger partial charge on any atom is -0.461 e. The van der Waals surface area contributed by atoms with E-state index in [4.69, 9.17) is 16.3 Å². The number of nitrogens with zero attached hydrogens (tertiary/aromatic N) is 2. The van der Waals surface area contributed by atoms with Crippen molar-refractivity contribution < 1.29 is 22.3 Å². The maximum absolute atomic E-state index is 12.7. The van der Waals surface area contributed by atoms with Crippen molar-refractivity contribution in [1.82, 2.24) is 9.78 Å². The Morgan fingerprint density at radius 2 is 2.05 bits per heavy atom. The van der Waals surface area contributed by atoms with Crippen molar-refractivity contribution in [3.05, 3.63) is 50.9 Å². The molecule has 118 valence electrons. The van der Waals surface area contributed by atoms with Crippen molar-refractivity contribution in [2.45, 2.75) is 13.1 Å². The van der Waals surface area contributed by atoms with Gasteiger partial charge < -0.3 is 4.74 Å². The van der Waals surface area contributed by atoms with Crippen LogP contribution in [0.25, 0.3) is 5.69 Å². The van der Waals surface area contributed by atoms with Gasteiger partial charge in [-0.1, -0.05) is 11.6 Å². The van der Waals surface area contributed by atoms with E-state index in [1.807, 2.05) is 0 Å². The fraction of sp³-hybridized carbons (Fsp3) is 0.231. The molecule has 22 heavy (non-hydrogen) atoms. The molecule has 0 aliphatic heterocycles. The van der Waals surface area contributed by atoms with Gasteiger partial charge in [0.2, 0.25) is 6.86 Å². The molecule has 1 aromatic heterocycles. The third-order valence-corrected chi connectivity index (χ3v) is 3.12. The lowest BCUT2D eigenvalue weighted by Crippen LogP contribution is -2.27. The van der Waals surface area contributed by atoms with Gasteiger partial charge in [-0.15, -0.1) is 0 Å². The van der Waals surface area contributed by atoms with E-state index < -0.39 is 29.7 Å². The number of ether oxygens (including phenoxy) is 1. The van der Waals surface area contributed by atoms with Crippen LogP contribution in [0, 0.1) is 6.92 Å². The molecule has 0 aliphatic rings. The summed E-state index contributed by atoms with van der Waals surface area (Å²) in [5.74, 6) is -0.108. The van der Waals surface area contributed by atoms with E-state index in [1.165, 1.54) is 18.2 Å². The first-order valence-corrected chi connectivity index (χ1v) is 6.28. The van der Waals surface area contributed by atoms with Gasteiger partial charge in [-0.25, -0.2) is 4.39 Å². The van der Waals surface area contributed by atoms with Crippen LogP contribution >= 0.6 is 11.6 Å². The number of alkyl halides is 4. The number of aromatic nitrogens is 2. The van der Waals surface area contributed by atoms with Crippen molar-refractivity contribution in [2.75, 3.05) is 6.86 Å². The molecule has 0 bridgehead atoms. The topological polar surface area (TPSA) is 44.1 Å². The first kappa shape index (κ1) is 16.3. The molecule has 0 spiro atoms. The average Bonchev–Trinajstić information content (AvgIpc) is 2.42. The van der Waals surface area contributed by atoms with Gasteiger partial charge in [0.25, 0.3) is 5.56 Å². The quantitative estimate of drug-likeness (QED) is 0.806. The van der Waals surface area contributed by atoms with E-state index in [0.717, 1.165) is 6.92 Å². The van der Waals surface area contributed by atoms with Gasteiger partial charge in [0, 0.05) is 16.7 Å². The summed E-state index contributed by atoms with van der Waals surface area (Å²) in [4.78, 5) is 12.1.